The van der Waals surface area contributed by atoms with Crippen molar-refractivity contribution in [2.75, 3.05) is 7.11 Å². The largest absolute Gasteiger partial charge is 0.540 e. The molecule has 0 saturated carbocycles. The van der Waals surface area contributed by atoms with Gasteiger partial charge in [-0.1, -0.05) is 243 Å². The molecule has 0 aliphatic rings. The summed E-state index contributed by atoms with van der Waals surface area (Å²) in [6, 6.07) is 119. The number of carbonyl (C=O) groups is 4. The molecule has 0 amide bonds. The van der Waals surface area contributed by atoms with Gasteiger partial charge >= 0.3 is 0 Å². The van der Waals surface area contributed by atoms with Crippen LogP contribution in [-0.4, -0.2) is 50.2 Å². The molecule has 556 valence electrons. The van der Waals surface area contributed by atoms with E-state index >= 15 is 0 Å². The first kappa shape index (κ1) is 89.5. The van der Waals surface area contributed by atoms with Crippen LogP contribution in [0, 0.1) is 54.0 Å². The van der Waals surface area contributed by atoms with Gasteiger partial charge in [0.2, 0.25) is 0 Å². The maximum absolute atomic E-state index is 12.9. The van der Waals surface area contributed by atoms with Crippen LogP contribution in [0.15, 0.2) is 358 Å². The molecular weight excluding hydrogens is 2070 g/mol. The Morgan fingerprint density at radius 3 is 1.15 bits per heavy atom. The summed E-state index contributed by atoms with van der Waals surface area (Å²) in [7, 11) is 1.62. The molecule has 16 aromatic rings. The van der Waals surface area contributed by atoms with Gasteiger partial charge in [-0.15, -0.1) is 137 Å². The quantitative estimate of drug-likeness (QED) is 0.0728. The normalized spacial score (nSPS) is 9.79. The van der Waals surface area contributed by atoms with Crippen molar-refractivity contribution in [2.24, 2.45) is 0 Å². The van der Waals surface area contributed by atoms with Crippen molar-refractivity contribution < 1.29 is 104 Å². The number of hydrogen-bond donors (Lipinski definition) is 0. The summed E-state index contributed by atoms with van der Waals surface area (Å²) in [5.41, 5.74) is 16.4. The van der Waals surface area contributed by atoms with Crippen molar-refractivity contribution >= 4 is 44.7 Å². The molecule has 0 fully saturated rings. The van der Waals surface area contributed by atoms with Gasteiger partial charge in [-0.2, -0.15) is 0 Å². The number of methoxy groups -OCH3 is 1. The molecule has 4 aromatic heterocycles. The summed E-state index contributed by atoms with van der Waals surface area (Å²) in [5, 5.41) is 4.21. The zero-order chi connectivity index (χ0) is 69.8. The topological polar surface area (TPSA) is 129 Å². The predicted octanol–water partition coefficient (Wildman–Crippen LogP) is 22.6. The van der Waals surface area contributed by atoms with Crippen LogP contribution in [0.25, 0.3) is 88.8 Å². The van der Waals surface area contributed by atoms with Gasteiger partial charge in [0.05, 0.1) is 7.11 Å². The minimum Gasteiger partial charge on any atom is -0.540 e. The number of ether oxygens (including phenoxy) is 1. The molecule has 4 heterocycles. The number of nitrogens with zero attached hydrogens (tertiary/aromatic N) is 4. The van der Waals surface area contributed by atoms with Crippen LogP contribution in [0.2, 0.25) is 0 Å². The van der Waals surface area contributed by atoms with Crippen LogP contribution in [-0.2, 0) is 80.4 Å². The van der Waals surface area contributed by atoms with E-state index in [0.717, 1.165) is 83.5 Å². The molecular formula is C97H74Ir4N4O5-8. The average molecular weight is 2140 g/mol. The number of hydrogen-bond acceptors (Lipinski definition) is 9. The Bertz CT molecular complexity index is 5520. The average Bonchev–Trinajstić information content (AvgIpc) is 0.806. The maximum Gasteiger partial charge on any atom is 0.195 e. The summed E-state index contributed by atoms with van der Waals surface area (Å²) in [4.78, 5) is 68.3. The van der Waals surface area contributed by atoms with E-state index < -0.39 is 0 Å². The third kappa shape index (κ3) is 22.5. The van der Waals surface area contributed by atoms with Gasteiger partial charge in [-0.25, -0.2) is 0 Å². The summed E-state index contributed by atoms with van der Waals surface area (Å²) in [6.45, 7) is 0. The Hall–Kier alpha value is -11.2. The van der Waals surface area contributed by atoms with Gasteiger partial charge in [-0.05, 0) is 67.1 Å². The molecule has 0 saturated heterocycles. The van der Waals surface area contributed by atoms with Crippen molar-refractivity contribution in [2.45, 2.75) is 0 Å². The van der Waals surface area contributed by atoms with E-state index in [1.165, 1.54) is 11.1 Å². The molecule has 0 spiro atoms. The summed E-state index contributed by atoms with van der Waals surface area (Å²) in [5.74, 6) is 0.664. The number of pyridine rings is 4. The minimum atomic E-state index is -0.0293. The summed E-state index contributed by atoms with van der Waals surface area (Å²) >= 11 is 0. The molecule has 9 nitrogen and oxygen atoms in total. The molecule has 12 aromatic carbocycles. The van der Waals surface area contributed by atoms with Crippen LogP contribution in [0.5, 0.6) is 5.75 Å². The second kappa shape index (κ2) is 44.3. The summed E-state index contributed by atoms with van der Waals surface area (Å²) < 4.78 is 5.11. The third-order valence-corrected chi connectivity index (χ3v) is 16.9. The smallest absolute Gasteiger partial charge is 0.195 e. The van der Waals surface area contributed by atoms with E-state index in [0.29, 0.717) is 44.5 Å². The molecule has 0 aliphatic carbocycles. The first-order chi connectivity index (χ1) is 50.2. The number of rotatable bonds is 15. The molecule has 13 heteroatoms. The van der Waals surface area contributed by atoms with E-state index in [-0.39, 0.29) is 133 Å². The number of carbonyl (C=O) groups excluding carboxylic acids is 4. The van der Waals surface area contributed by atoms with Crippen LogP contribution in [0.1, 0.15) is 63.7 Å². The predicted molar refractivity (Wildman–Crippen MR) is 432 cm³/mol. The van der Waals surface area contributed by atoms with Crippen molar-refractivity contribution in [3.05, 3.63) is 457 Å². The van der Waals surface area contributed by atoms with Crippen molar-refractivity contribution in [1.29, 1.82) is 0 Å². The molecule has 110 heavy (non-hydrogen) atoms. The van der Waals surface area contributed by atoms with Crippen molar-refractivity contribution in [3.8, 4) is 73.0 Å². The third-order valence-electron chi connectivity index (χ3n) is 16.9. The van der Waals surface area contributed by atoms with E-state index in [4.69, 9.17) is 4.74 Å². The fourth-order valence-corrected chi connectivity index (χ4v) is 11.5. The van der Waals surface area contributed by atoms with E-state index in [2.05, 4.69) is 105 Å². The van der Waals surface area contributed by atoms with Crippen molar-refractivity contribution in [1.82, 2.24) is 19.9 Å². The number of ketones is 4. The van der Waals surface area contributed by atoms with Gasteiger partial charge in [0.25, 0.3) is 0 Å². The Morgan fingerprint density at radius 2 is 0.682 bits per heavy atom. The first-order valence-corrected chi connectivity index (χ1v) is 33.0. The number of aromatic nitrogens is 4. The minimum absolute atomic E-state index is 0. The Balaban J connectivity index is 0.000000259. The molecule has 0 bridgehead atoms. The summed E-state index contributed by atoms with van der Waals surface area (Å²) in [6.07, 6.45) is 6.51. The van der Waals surface area contributed by atoms with Gasteiger partial charge in [-0.3, -0.25) is 19.2 Å². The Labute approximate surface area is 699 Å². The Kier molecular flexibility index (Phi) is 36.1. The van der Waals surface area contributed by atoms with Crippen LogP contribution < -0.4 is 4.74 Å². The molecule has 0 aliphatic heterocycles. The van der Waals surface area contributed by atoms with E-state index in [1.54, 1.807) is 56.2 Å². The van der Waals surface area contributed by atoms with Crippen LogP contribution in [0.4, 0.5) is 0 Å². The van der Waals surface area contributed by atoms with Crippen molar-refractivity contribution in [3.63, 3.8) is 0 Å². The molecule has 0 atom stereocenters. The first-order valence-electron chi connectivity index (χ1n) is 33.0. The standard InChI is InChI=1S/C30H20NO.2C22H14NO.C19H14NO2.4CH3.4Ir/c32-30(23-12-5-2-6-13-23)26-18-19-29(31-21-26)25-15-9-14-24(20-25)28-17-8-7-16-27(28)22-10-3-1-4-11-22;24-22(20-12-6-10-16-7-4-5-11-19(16)20)18-13-14-21(23-15-18)17-8-2-1-3-9-17;24-22(19-11-10-16-6-4-5-9-18(16)14-19)20-12-13-21(23-15-20)17-7-2-1-3-8-17;1-22-17-10-7-14(8-11-17)18-12-9-16(13-20-18)19(21)15-5-3-2-4-6-15;;;;;;;;/h1-14,16-21H;1-8,10-15H;1-7,9-15H;2-7,9-13H,1H3;4*1H3;;;;/q8*-1;;;;. The van der Waals surface area contributed by atoms with Crippen LogP contribution in [0.3, 0.4) is 0 Å². The van der Waals surface area contributed by atoms with E-state index in [1.807, 2.05) is 249 Å². The van der Waals surface area contributed by atoms with Gasteiger partial charge in [0, 0.05) is 155 Å². The van der Waals surface area contributed by atoms with Gasteiger partial charge in [0.1, 0.15) is 0 Å². The molecule has 0 N–H and O–H groups in total. The second-order valence-electron chi connectivity index (χ2n) is 23.5. The Morgan fingerprint density at radius 1 is 0.282 bits per heavy atom. The fraction of sp³-hybridized carbons (Fsp3) is 0.0103. The van der Waals surface area contributed by atoms with Crippen LogP contribution >= 0.6 is 0 Å². The van der Waals surface area contributed by atoms with Gasteiger partial charge in [0.15, 0.2) is 23.1 Å². The molecule has 16 rings (SSSR count). The zero-order valence-corrected chi connectivity index (χ0v) is 70.3. The SMILES string of the molecule is COc1c[c-]c(-c2ccc(C(=O)c3ccccc3)cn2)cc1.O=C(c1ccc(-c2[c-]cccc2)nc1)c1ccc2ccccc2c1.O=C(c1ccc(-c2[c-]cccc2)nc1)c1cccc2ccccc12.O=C(c1ccccc1)c1ccc(-c2[c-]ccc(-c3ccccc3-c3ccccc3)c2)nc1.[CH3-].[CH3-].[CH3-].[CH3-].[Ir].[Ir].[Ir].[Ir]. The fourth-order valence-electron chi connectivity index (χ4n) is 11.5. The monoisotopic (exact) mass is 2150 g/mol. The molecule has 0 unspecified atom stereocenters. The van der Waals surface area contributed by atoms with Gasteiger partial charge < -0.3 is 54.4 Å². The number of benzene rings is 12. The maximum atomic E-state index is 12.9. The molecule has 4 radical (unpaired) electrons. The second-order valence-corrected chi connectivity index (χ2v) is 23.5. The zero-order valence-electron chi connectivity index (χ0n) is 60.7. The number of fused-ring (bicyclic) bond motifs is 2. The van der Waals surface area contributed by atoms with E-state index in [9.17, 15) is 19.2 Å².